The van der Waals surface area contributed by atoms with Crippen molar-refractivity contribution in [3.05, 3.63) is 45.6 Å². The molecule has 21 heavy (non-hydrogen) atoms. The number of nitrogens with one attached hydrogen (secondary N) is 1. The maximum absolute atomic E-state index is 12.1. The van der Waals surface area contributed by atoms with Crippen molar-refractivity contribution in [1.82, 2.24) is 10.4 Å². The molecule has 1 aromatic rings. The molecule has 1 N–H and O–H groups in total. The SMILES string of the molecule is CCCN1NC(Cc2ccc(Br)cc2)C(C(=O)OC)=C1C. The molecule has 0 aliphatic carbocycles. The lowest BCUT2D eigenvalue weighted by atomic mass is 9.99. The lowest BCUT2D eigenvalue weighted by molar-refractivity contribution is -0.136. The molecular weight excluding hydrogens is 332 g/mol. The van der Waals surface area contributed by atoms with Crippen LogP contribution in [0.3, 0.4) is 0 Å². The smallest absolute Gasteiger partial charge is 0.337 e. The largest absolute Gasteiger partial charge is 0.466 e. The van der Waals surface area contributed by atoms with Crippen molar-refractivity contribution < 1.29 is 9.53 Å². The second-order valence-corrected chi connectivity index (χ2v) is 6.07. The predicted octanol–water partition coefficient (Wildman–Crippen LogP) is 3.04. The standard InChI is InChI=1S/C16H21BrN2O2/c1-4-9-19-11(2)15(16(20)21-3)14(18-19)10-12-5-7-13(17)8-6-12/h5-8,14,18H,4,9-10H2,1-3H3. The minimum absolute atomic E-state index is 0.0369. The van der Waals surface area contributed by atoms with E-state index < -0.39 is 0 Å². The van der Waals surface area contributed by atoms with Gasteiger partial charge in [0.25, 0.3) is 0 Å². The molecule has 1 unspecified atom stereocenters. The lowest BCUT2D eigenvalue weighted by Crippen LogP contribution is -2.39. The average Bonchev–Trinajstić information content (AvgIpc) is 2.77. The average molecular weight is 353 g/mol. The van der Waals surface area contributed by atoms with Crippen molar-refractivity contribution in [2.24, 2.45) is 0 Å². The number of carbonyl (C=O) groups excluding carboxylic acids is 1. The summed E-state index contributed by atoms with van der Waals surface area (Å²) in [5.74, 6) is -0.249. The van der Waals surface area contributed by atoms with Gasteiger partial charge in [0, 0.05) is 16.7 Å². The van der Waals surface area contributed by atoms with Crippen LogP contribution in [0, 0.1) is 0 Å². The summed E-state index contributed by atoms with van der Waals surface area (Å²) in [5, 5.41) is 2.05. The van der Waals surface area contributed by atoms with Crippen molar-refractivity contribution >= 4 is 21.9 Å². The number of carbonyl (C=O) groups is 1. The van der Waals surface area contributed by atoms with Gasteiger partial charge in [-0.3, -0.25) is 0 Å². The van der Waals surface area contributed by atoms with Gasteiger partial charge in [0.2, 0.25) is 0 Å². The third kappa shape index (κ3) is 3.66. The number of hydrogen-bond donors (Lipinski definition) is 1. The van der Waals surface area contributed by atoms with Crippen LogP contribution in [0.4, 0.5) is 0 Å². The van der Waals surface area contributed by atoms with Crippen LogP contribution >= 0.6 is 15.9 Å². The van der Waals surface area contributed by atoms with E-state index in [4.69, 9.17) is 4.74 Å². The van der Waals surface area contributed by atoms with E-state index in [1.807, 2.05) is 19.1 Å². The van der Waals surface area contributed by atoms with Gasteiger partial charge >= 0.3 is 5.97 Å². The van der Waals surface area contributed by atoms with E-state index >= 15 is 0 Å². The predicted molar refractivity (Wildman–Crippen MR) is 86.5 cm³/mol. The summed E-state index contributed by atoms with van der Waals surface area (Å²) in [6.07, 6.45) is 1.78. The van der Waals surface area contributed by atoms with Crippen LogP contribution in [0.15, 0.2) is 40.0 Å². The zero-order chi connectivity index (χ0) is 15.4. The van der Waals surface area contributed by atoms with Crippen LogP contribution < -0.4 is 5.43 Å². The fraction of sp³-hybridized carbons (Fsp3) is 0.438. The van der Waals surface area contributed by atoms with Crippen LogP contribution in [0.25, 0.3) is 0 Å². The van der Waals surface area contributed by atoms with E-state index in [-0.39, 0.29) is 12.0 Å². The van der Waals surface area contributed by atoms with Gasteiger partial charge in [0.15, 0.2) is 0 Å². The van der Waals surface area contributed by atoms with E-state index in [9.17, 15) is 4.79 Å². The normalized spacial score (nSPS) is 18.3. The fourth-order valence-electron chi connectivity index (χ4n) is 2.61. The highest BCUT2D eigenvalue weighted by Gasteiger charge is 2.33. The van der Waals surface area contributed by atoms with Crippen LogP contribution in [0.2, 0.25) is 0 Å². The fourth-order valence-corrected chi connectivity index (χ4v) is 2.87. The molecule has 0 saturated heterocycles. The molecular formula is C16H21BrN2O2. The number of esters is 1. The third-order valence-corrected chi connectivity index (χ3v) is 4.19. The number of halogens is 1. The van der Waals surface area contributed by atoms with Gasteiger partial charge in [-0.25, -0.2) is 10.2 Å². The molecule has 0 fully saturated rings. The lowest BCUT2D eigenvalue weighted by Gasteiger charge is -2.21. The molecule has 0 aromatic heterocycles. The Morgan fingerprint density at radius 1 is 1.38 bits per heavy atom. The first-order valence-electron chi connectivity index (χ1n) is 7.14. The molecule has 1 aliphatic heterocycles. The highest BCUT2D eigenvalue weighted by molar-refractivity contribution is 9.10. The number of hydrazine groups is 1. The summed E-state index contributed by atoms with van der Waals surface area (Å²) in [5.41, 5.74) is 6.29. The number of nitrogens with zero attached hydrogens (tertiary/aromatic N) is 1. The van der Waals surface area contributed by atoms with E-state index in [1.54, 1.807) is 0 Å². The molecule has 2 rings (SSSR count). The number of rotatable bonds is 5. The Kier molecular flexibility index (Phi) is 5.42. The number of ether oxygens (including phenoxy) is 1. The minimum Gasteiger partial charge on any atom is -0.466 e. The second kappa shape index (κ2) is 7.09. The summed E-state index contributed by atoms with van der Waals surface area (Å²) >= 11 is 3.44. The van der Waals surface area contributed by atoms with Gasteiger partial charge in [-0.2, -0.15) is 0 Å². The first-order chi connectivity index (χ1) is 10.1. The van der Waals surface area contributed by atoms with Crippen molar-refractivity contribution in [3.63, 3.8) is 0 Å². The van der Waals surface area contributed by atoms with Gasteiger partial charge in [-0.05, 0) is 37.5 Å². The molecule has 0 radical (unpaired) electrons. The van der Waals surface area contributed by atoms with Gasteiger partial charge in [-0.15, -0.1) is 0 Å². The zero-order valence-corrected chi connectivity index (χ0v) is 14.2. The van der Waals surface area contributed by atoms with Crippen molar-refractivity contribution in [1.29, 1.82) is 0 Å². The van der Waals surface area contributed by atoms with Crippen LogP contribution in [0.1, 0.15) is 25.8 Å². The molecule has 1 heterocycles. The van der Waals surface area contributed by atoms with Crippen molar-refractivity contribution in [2.45, 2.75) is 32.7 Å². The molecule has 0 spiro atoms. The van der Waals surface area contributed by atoms with E-state index in [1.165, 1.54) is 12.7 Å². The molecule has 0 saturated carbocycles. The second-order valence-electron chi connectivity index (χ2n) is 5.15. The highest BCUT2D eigenvalue weighted by atomic mass is 79.9. The first-order valence-corrected chi connectivity index (χ1v) is 7.93. The van der Waals surface area contributed by atoms with Gasteiger partial charge < -0.3 is 9.75 Å². The van der Waals surface area contributed by atoms with Crippen molar-refractivity contribution in [3.8, 4) is 0 Å². The Morgan fingerprint density at radius 2 is 2.05 bits per heavy atom. The Balaban J connectivity index is 2.21. The van der Waals surface area contributed by atoms with E-state index in [0.717, 1.165) is 35.1 Å². The van der Waals surface area contributed by atoms with Crippen molar-refractivity contribution in [2.75, 3.05) is 13.7 Å². The number of methoxy groups -OCH3 is 1. The summed E-state index contributed by atoms with van der Waals surface area (Å²) < 4.78 is 6.00. The monoisotopic (exact) mass is 352 g/mol. The molecule has 1 aliphatic rings. The maximum atomic E-state index is 12.1. The molecule has 1 atom stereocenters. The summed E-state index contributed by atoms with van der Waals surface area (Å²) in [7, 11) is 1.43. The number of hydrogen-bond acceptors (Lipinski definition) is 4. The summed E-state index contributed by atoms with van der Waals surface area (Å²) in [6.45, 7) is 4.97. The van der Waals surface area contributed by atoms with Gasteiger partial charge in [0.05, 0.1) is 18.7 Å². The Labute approximate surface area is 134 Å². The zero-order valence-electron chi connectivity index (χ0n) is 12.6. The third-order valence-electron chi connectivity index (χ3n) is 3.66. The topological polar surface area (TPSA) is 41.6 Å². The van der Waals surface area contributed by atoms with Crippen LogP contribution in [-0.4, -0.2) is 30.7 Å². The molecule has 1 aromatic carbocycles. The molecule has 0 bridgehead atoms. The number of allylic oxidation sites excluding steroid dienone is 1. The molecule has 5 heteroatoms. The maximum Gasteiger partial charge on any atom is 0.337 e. The van der Waals surface area contributed by atoms with Gasteiger partial charge in [0.1, 0.15) is 0 Å². The van der Waals surface area contributed by atoms with Gasteiger partial charge in [-0.1, -0.05) is 35.0 Å². The molecule has 0 amide bonds. The Bertz CT molecular complexity index is 540. The Hall–Kier alpha value is -1.33. The summed E-state index contributed by atoms with van der Waals surface area (Å²) in [4.78, 5) is 12.1. The number of benzene rings is 1. The van der Waals surface area contributed by atoms with Crippen LogP contribution in [-0.2, 0) is 16.0 Å². The first kappa shape index (κ1) is 16.0. The van der Waals surface area contributed by atoms with E-state index in [2.05, 4.69) is 45.4 Å². The van der Waals surface area contributed by atoms with Crippen LogP contribution in [0.5, 0.6) is 0 Å². The molecule has 114 valence electrons. The molecule has 4 nitrogen and oxygen atoms in total. The summed E-state index contributed by atoms with van der Waals surface area (Å²) in [6, 6.07) is 8.13. The minimum atomic E-state index is -0.249. The highest BCUT2D eigenvalue weighted by Crippen LogP contribution is 2.25. The van der Waals surface area contributed by atoms with E-state index in [0.29, 0.717) is 0 Å². The Morgan fingerprint density at radius 3 is 2.62 bits per heavy atom. The quantitative estimate of drug-likeness (QED) is 0.827.